The van der Waals surface area contributed by atoms with Gasteiger partial charge in [0, 0.05) is 58.4 Å². The van der Waals surface area contributed by atoms with Crippen LogP contribution >= 0.6 is 11.8 Å². The number of imide groups is 1. The number of nitrogens with one attached hydrogen (secondary N) is 6. The summed E-state index contributed by atoms with van der Waals surface area (Å²) in [7, 11) is 0. The molecular weight excluding hydrogens is 1260 g/mol. The summed E-state index contributed by atoms with van der Waals surface area (Å²) in [6.07, 6.45) is 17.1. The molecule has 1 rings (SSSR count). The number of ketones is 1. The number of unbranched alkanes of at least 4 members (excludes halogenated alkanes) is 12. The van der Waals surface area contributed by atoms with Crippen LogP contribution in [-0.2, 0) is 90.4 Å². The number of carbonyl (C=O) groups is 8. The molecule has 554 valence electrons. The van der Waals surface area contributed by atoms with Gasteiger partial charge in [0.15, 0.2) is 5.78 Å². The van der Waals surface area contributed by atoms with Gasteiger partial charge in [0.25, 0.3) is 0 Å². The van der Waals surface area contributed by atoms with Crippen molar-refractivity contribution in [3.8, 4) is 0 Å². The Morgan fingerprint density at radius 2 is 0.895 bits per heavy atom. The molecule has 1 saturated heterocycles. The van der Waals surface area contributed by atoms with Crippen molar-refractivity contribution in [3.05, 3.63) is 0 Å². The van der Waals surface area contributed by atoms with E-state index in [0.29, 0.717) is 204 Å². The Kier molecular flexibility index (Phi) is 60.3. The number of likely N-dealkylation sites (tertiary alicyclic amines) is 1. The molecule has 1 aliphatic rings. The van der Waals surface area contributed by atoms with Gasteiger partial charge in [0.2, 0.25) is 35.4 Å². The molecule has 8 N–H and O–H groups in total. The van der Waals surface area contributed by atoms with Crippen molar-refractivity contribution >= 4 is 59.0 Å². The largest absolute Gasteiger partial charge is 0.379 e. The zero-order chi connectivity index (χ0) is 69.3. The van der Waals surface area contributed by atoms with Crippen molar-refractivity contribution in [2.45, 2.75) is 173 Å². The van der Waals surface area contributed by atoms with Gasteiger partial charge in [-0.25, -0.2) is 4.79 Å². The highest BCUT2D eigenvalue weighted by atomic mass is 32.2. The lowest BCUT2D eigenvalue weighted by Gasteiger charge is -2.23. The number of hydrogen-bond donors (Lipinski definition) is 7. The molecular formula is C66H124N8O20S. The Hall–Kier alpha value is -4.21. The van der Waals surface area contributed by atoms with E-state index >= 15 is 0 Å². The molecule has 0 aromatic rings. The molecule has 1 aliphatic heterocycles. The fourth-order valence-corrected chi connectivity index (χ4v) is 10.1. The van der Waals surface area contributed by atoms with Gasteiger partial charge in [0.05, 0.1) is 169 Å². The maximum absolute atomic E-state index is 12.9. The van der Waals surface area contributed by atoms with Crippen molar-refractivity contribution in [1.29, 1.82) is 0 Å². The van der Waals surface area contributed by atoms with Gasteiger partial charge in [-0.2, -0.15) is 0 Å². The average molecular weight is 1380 g/mol. The van der Waals surface area contributed by atoms with Gasteiger partial charge in [-0.1, -0.05) is 71.1 Å². The highest BCUT2D eigenvalue weighted by molar-refractivity contribution is 8.00. The molecule has 0 aromatic heterocycles. The number of thioether (sulfide) groups is 1. The number of carbonyl (C=O) groups excluding carboxylic acids is 8. The van der Waals surface area contributed by atoms with E-state index in [4.69, 9.17) is 62.6 Å². The average Bonchev–Trinajstić information content (AvgIpc) is 1.71. The quantitative estimate of drug-likeness (QED) is 0.0335. The van der Waals surface area contributed by atoms with Crippen LogP contribution in [0.3, 0.4) is 0 Å². The van der Waals surface area contributed by atoms with Crippen molar-refractivity contribution < 1.29 is 95.2 Å². The van der Waals surface area contributed by atoms with E-state index in [2.05, 4.69) is 38.8 Å². The van der Waals surface area contributed by atoms with E-state index in [0.717, 1.165) is 57.2 Å². The number of rotatable bonds is 72. The summed E-state index contributed by atoms with van der Waals surface area (Å²) < 4.78 is 66.2. The summed E-state index contributed by atoms with van der Waals surface area (Å²) in [5.41, 5.74) is 4.62. The Balaban J connectivity index is 1.76. The first-order chi connectivity index (χ1) is 46.2. The Bertz CT molecular complexity index is 1960. The van der Waals surface area contributed by atoms with Gasteiger partial charge >= 0.3 is 6.03 Å². The predicted molar refractivity (Wildman–Crippen MR) is 362 cm³/mol. The second-order valence-electron chi connectivity index (χ2n) is 23.3. The van der Waals surface area contributed by atoms with Crippen LogP contribution in [0.2, 0.25) is 0 Å². The molecule has 0 bridgehead atoms. The number of ether oxygens (including phenoxy) is 12. The molecule has 0 aliphatic carbocycles. The molecule has 0 aromatic carbocycles. The van der Waals surface area contributed by atoms with Gasteiger partial charge < -0.3 is 94.5 Å². The molecule has 2 atom stereocenters. The van der Waals surface area contributed by atoms with E-state index in [9.17, 15) is 38.4 Å². The number of nitrogens with zero attached hydrogens (tertiary/aromatic N) is 1. The molecule has 95 heavy (non-hydrogen) atoms. The summed E-state index contributed by atoms with van der Waals surface area (Å²) in [5, 5.41) is 16.7. The number of primary amides is 1. The van der Waals surface area contributed by atoms with Gasteiger partial charge in [-0.3, -0.25) is 38.5 Å². The molecule has 1 heterocycles. The van der Waals surface area contributed by atoms with Crippen LogP contribution in [0, 0.1) is 0 Å². The summed E-state index contributed by atoms with van der Waals surface area (Å²) in [4.78, 5) is 98.8. The molecule has 8 amide bonds. The van der Waals surface area contributed by atoms with E-state index in [1.165, 1.54) is 62.1 Å². The second kappa shape index (κ2) is 64.5. The van der Waals surface area contributed by atoms with E-state index in [1.807, 2.05) is 0 Å². The highest BCUT2D eigenvalue weighted by Gasteiger charge is 2.38. The standard InChI is InChI=1S/C66H124N8O20S/c1-5-6-7-8-9-10-11-12-15-21-61(78)72-57(63(67)80)20-16-18-25-69-60(77)23-30-83-32-34-85-36-38-87-40-42-89-44-46-91-48-50-93-52-53-94-51-49-92-47-45-90-43-41-88-39-37-86-35-33-84-31-28-70-59(76)22-29-74-62(79)55-58(64(74)81)95-54-19-14-13-17-24-68-26-27-71-65(82)73-66(3,4)56(2)75/h57-58,68H,5-55H2,1-4H3,(H2,67,80)(H,69,77)(H,70,76)(H,72,78)(H2,71,73,82). The van der Waals surface area contributed by atoms with Crippen molar-refractivity contribution in [2.75, 3.05) is 204 Å². The zero-order valence-corrected chi connectivity index (χ0v) is 59.1. The smallest absolute Gasteiger partial charge is 0.315 e. The van der Waals surface area contributed by atoms with E-state index in [1.54, 1.807) is 13.8 Å². The second-order valence-corrected chi connectivity index (χ2v) is 24.6. The first kappa shape index (κ1) is 88.8. The topological polar surface area (TPSA) is 349 Å². The fraction of sp³-hybridized carbons (Fsp3) is 0.879. The molecule has 1 fully saturated rings. The van der Waals surface area contributed by atoms with E-state index in [-0.39, 0.29) is 73.8 Å². The number of Topliss-reactive ketones (excluding diaryl/α,β-unsaturated/α-hetero) is 1. The zero-order valence-electron chi connectivity index (χ0n) is 58.3. The minimum Gasteiger partial charge on any atom is -0.379 e. The first-order valence-electron chi connectivity index (χ1n) is 35.0. The molecule has 0 spiro atoms. The molecule has 29 heteroatoms. The minimum atomic E-state index is -0.903. The third-order valence-corrected chi connectivity index (χ3v) is 16.1. The van der Waals surface area contributed by atoms with Gasteiger partial charge in [-0.05, 0) is 71.6 Å². The Morgan fingerprint density at radius 3 is 1.38 bits per heavy atom. The summed E-state index contributed by atoms with van der Waals surface area (Å²) >= 11 is 1.50. The van der Waals surface area contributed by atoms with E-state index < -0.39 is 22.7 Å². The Morgan fingerprint density at radius 1 is 0.474 bits per heavy atom. The van der Waals surface area contributed by atoms with Crippen molar-refractivity contribution in [2.24, 2.45) is 5.73 Å². The molecule has 28 nitrogen and oxygen atoms in total. The van der Waals surface area contributed by atoms with Gasteiger partial charge in [-0.15, -0.1) is 11.8 Å². The maximum atomic E-state index is 12.9. The van der Waals surface area contributed by atoms with Gasteiger partial charge in [0.1, 0.15) is 6.04 Å². The SMILES string of the molecule is CCCCCCCCCCCC(=O)NC(CCCCNC(=O)CCOCCOCCOCCOCCOCCOCCOCCOCCOCCOCCOCCOCCNC(=O)CCN1C(=O)CC(SCCCCCCNCCNC(=O)NC(C)(C)C(C)=O)C1=O)C(N)=O. The summed E-state index contributed by atoms with van der Waals surface area (Å²) in [5.74, 6) is -0.858. The van der Waals surface area contributed by atoms with Crippen molar-refractivity contribution in [3.63, 3.8) is 0 Å². The maximum Gasteiger partial charge on any atom is 0.315 e. The van der Waals surface area contributed by atoms with Crippen LogP contribution < -0.4 is 37.6 Å². The summed E-state index contributed by atoms with van der Waals surface area (Å²) in [6.45, 7) is 19.7. The molecule has 0 saturated carbocycles. The normalized spacial score (nSPS) is 13.6. The van der Waals surface area contributed by atoms with Crippen LogP contribution in [0.4, 0.5) is 4.79 Å². The van der Waals surface area contributed by atoms with Crippen LogP contribution in [0.5, 0.6) is 0 Å². The van der Waals surface area contributed by atoms with Crippen molar-refractivity contribution in [1.82, 2.24) is 36.8 Å². The lowest BCUT2D eigenvalue weighted by atomic mass is 10.0. The minimum absolute atomic E-state index is 0.0344. The number of nitrogens with two attached hydrogens (primary N) is 1. The highest BCUT2D eigenvalue weighted by Crippen LogP contribution is 2.26. The monoisotopic (exact) mass is 1380 g/mol. The first-order valence-corrected chi connectivity index (χ1v) is 36.0. The van der Waals surface area contributed by atoms with Crippen LogP contribution in [0.15, 0.2) is 0 Å². The van der Waals surface area contributed by atoms with Crippen LogP contribution in [-0.4, -0.2) is 273 Å². The molecule has 2 unspecified atom stereocenters. The predicted octanol–water partition coefficient (Wildman–Crippen LogP) is 3.94. The summed E-state index contributed by atoms with van der Waals surface area (Å²) in [6, 6.07) is -1.07. The molecule has 0 radical (unpaired) electrons. The number of hydrogen-bond acceptors (Lipinski definition) is 22. The Labute approximate surface area is 571 Å². The fourth-order valence-electron chi connectivity index (χ4n) is 8.94. The lowest BCUT2D eigenvalue weighted by molar-refractivity contribution is -0.138. The number of urea groups is 1. The van der Waals surface area contributed by atoms with Crippen LogP contribution in [0.1, 0.15) is 156 Å². The number of amides is 8. The van der Waals surface area contributed by atoms with Crippen LogP contribution in [0.25, 0.3) is 0 Å². The third kappa shape index (κ3) is 56.4. The lowest BCUT2D eigenvalue weighted by Crippen LogP contribution is -2.53. The third-order valence-electron chi connectivity index (χ3n) is 14.8.